The first-order chi connectivity index (χ1) is 31.0. The Hall–Kier alpha value is -7.27. The van der Waals surface area contributed by atoms with E-state index in [9.17, 15) is 53.4 Å². The van der Waals surface area contributed by atoms with Gasteiger partial charge in [-0.1, -0.05) is 0 Å². The number of rotatable bonds is 17. The third-order valence-electron chi connectivity index (χ3n) is 9.02. The van der Waals surface area contributed by atoms with Crippen LogP contribution >= 0.6 is 0 Å². The predicted molar refractivity (Wildman–Crippen MR) is 215 cm³/mol. The van der Waals surface area contributed by atoms with Gasteiger partial charge in [0.1, 0.15) is 48.4 Å². The van der Waals surface area contributed by atoms with Gasteiger partial charge in [0, 0.05) is 73.1 Å². The van der Waals surface area contributed by atoms with Gasteiger partial charge < -0.3 is 67.1 Å². The molecule has 23 nitrogen and oxygen atoms in total. The lowest BCUT2D eigenvalue weighted by Crippen LogP contribution is -2.63. The minimum atomic E-state index is -1.79. The Bertz CT molecular complexity index is 2200. The number of carbonyl (C=O) groups excluding carboxylic acids is 9. The quantitative estimate of drug-likeness (QED) is 0.0990. The first-order valence-electron chi connectivity index (χ1n) is 19.9. The Morgan fingerprint density at radius 3 is 1.26 bits per heavy atom. The van der Waals surface area contributed by atoms with Gasteiger partial charge in [-0.15, -0.1) is 0 Å². The standard InChI is InChI=1S/C43H48O23/c1-19(44)55-17-34-36(57-21(3)46)38(59-23(5)48)40(61-25(7)50)42(65-34)63-32-15-28(52)11-9-27(32)10-14-31(54)30-13-12-29(53)16-33(30)64-43-41(62-26(8)51)39(60-24(6)49)37(58-22(4)47)35(66-43)18-56-20(2)45/h9-16,34-43,52-53H,17-18H2,1-8H3/t34-,35-,36-,37-,38+,39+,40-,41-,42?,43?/m1/s1. The van der Waals surface area contributed by atoms with Gasteiger partial charge in [0.05, 0.1) is 5.56 Å². The van der Waals surface area contributed by atoms with Crippen LogP contribution in [0.2, 0.25) is 0 Å². The van der Waals surface area contributed by atoms with E-state index in [2.05, 4.69) is 0 Å². The molecule has 4 rings (SSSR count). The van der Waals surface area contributed by atoms with E-state index < -0.39 is 134 Å². The highest BCUT2D eigenvalue weighted by atomic mass is 16.7. The van der Waals surface area contributed by atoms with Crippen molar-refractivity contribution in [1.82, 2.24) is 0 Å². The van der Waals surface area contributed by atoms with E-state index in [1.165, 1.54) is 18.2 Å². The highest BCUT2D eigenvalue weighted by molar-refractivity contribution is 6.09. The third-order valence-corrected chi connectivity index (χ3v) is 9.02. The van der Waals surface area contributed by atoms with Crippen molar-refractivity contribution in [2.45, 2.75) is 117 Å². The minimum absolute atomic E-state index is 0.0647. The Morgan fingerprint density at radius 2 is 0.848 bits per heavy atom. The molecule has 2 aromatic rings. The van der Waals surface area contributed by atoms with Crippen LogP contribution in [0.3, 0.4) is 0 Å². The van der Waals surface area contributed by atoms with Gasteiger partial charge in [0.25, 0.3) is 0 Å². The summed E-state index contributed by atoms with van der Waals surface area (Å²) in [5.74, 6) is -9.11. The molecular weight excluding hydrogens is 884 g/mol. The maximum Gasteiger partial charge on any atom is 0.303 e. The topological polar surface area (TPSA) is 305 Å². The molecular formula is C43H48O23. The molecule has 23 heteroatoms. The number of aromatic hydroxyl groups is 2. The summed E-state index contributed by atoms with van der Waals surface area (Å²) in [6.45, 7) is 7.22. The van der Waals surface area contributed by atoms with Crippen LogP contribution in [0.1, 0.15) is 71.3 Å². The molecule has 2 aliphatic heterocycles. The summed E-state index contributed by atoms with van der Waals surface area (Å²) in [5, 5.41) is 21.0. The van der Waals surface area contributed by atoms with E-state index in [1.54, 1.807) is 0 Å². The molecule has 66 heavy (non-hydrogen) atoms. The average molecular weight is 933 g/mol. The zero-order valence-electron chi connectivity index (χ0n) is 36.8. The molecule has 10 atom stereocenters. The monoisotopic (exact) mass is 932 g/mol. The van der Waals surface area contributed by atoms with Gasteiger partial charge in [-0.3, -0.25) is 43.2 Å². The van der Waals surface area contributed by atoms with Crippen LogP contribution in [-0.4, -0.2) is 138 Å². The lowest BCUT2D eigenvalue weighted by atomic mass is 9.98. The lowest BCUT2D eigenvalue weighted by Gasteiger charge is -2.44. The Kier molecular flexibility index (Phi) is 18.0. The number of benzene rings is 2. The number of esters is 8. The van der Waals surface area contributed by atoms with E-state index in [-0.39, 0.29) is 28.4 Å². The summed E-state index contributed by atoms with van der Waals surface area (Å²) in [6, 6.07) is 6.94. The van der Waals surface area contributed by atoms with E-state index >= 15 is 0 Å². The maximum absolute atomic E-state index is 14.0. The minimum Gasteiger partial charge on any atom is -0.508 e. The highest BCUT2D eigenvalue weighted by Crippen LogP contribution is 2.36. The van der Waals surface area contributed by atoms with Gasteiger partial charge >= 0.3 is 47.8 Å². The number of hydrogen-bond acceptors (Lipinski definition) is 23. The van der Waals surface area contributed by atoms with E-state index in [4.69, 9.17) is 56.8 Å². The molecule has 0 spiro atoms. The molecule has 0 radical (unpaired) electrons. The first kappa shape index (κ1) is 51.4. The number of hydrogen-bond donors (Lipinski definition) is 2. The van der Waals surface area contributed by atoms with Crippen LogP contribution in [0.4, 0.5) is 0 Å². The number of ether oxygens (including phenoxy) is 12. The van der Waals surface area contributed by atoms with Crippen molar-refractivity contribution in [2.75, 3.05) is 13.2 Å². The second kappa shape index (κ2) is 23.1. The molecule has 0 aromatic heterocycles. The Balaban J connectivity index is 1.74. The zero-order valence-corrected chi connectivity index (χ0v) is 36.8. The van der Waals surface area contributed by atoms with Crippen molar-refractivity contribution in [3.05, 3.63) is 53.6 Å². The Morgan fingerprint density at radius 1 is 0.485 bits per heavy atom. The Labute approximate surface area is 376 Å². The molecule has 2 N–H and O–H groups in total. The normalized spacial score (nSPS) is 24.7. The van der Waals surface area contributed by atoms with Gasteiger partial charge in [-0.2, -0.15) is 0 Å². The van der Waals surface area contributed by atoms with Crippen LogP contribution in [0.15, 0.2) is 42.5 Å². The van der Waals surface area contributed by atoms with Crippen LogP contribution in [0.25, 0.3) is 6.08 Å². The number of phenols is 2. The van der Waals surface area contributed by atoms with Crippen molar-refractivity contribution >= 4 is 59.6 Å². The van der Waals surface area contributed by atoms with E-state index in [1.807, 2.05) is 0 Å². The summed E-state index contributed by atoms with van der Waals surface area (Å²) in [6.07, 6.45) is -13.7. The summed E-state index contributed by atoms with van der Waals surface area (Å²) in [4.78, 5) is 111. The molecule has 2 heterocycles. The third kappa shape index (κ3) is 14.6. The lowest BCUT2D eigenvalue weighted by molar-refractivity contribution is -0.288. The van der Waals surface area contributed by atoms with Crippen molar-refractivity contribution in [3.8, 4) is 23.0 Å². The predicted octanol–water partition coefficient (Wildman–Crippen LogP) is 1.92. The summed E-state index contributed by atoms with van der Waals surface area (Å²) < 4.78 is 66.9. The molecule has 0 aliphatic carbocycles. The highest BCUT2D eigenvalue weighted by Gasteiger charge is 2.55. The van der Waals surface area contributed by atoms with Gasteiger partial charge in [-0.05, 0) is 36.4 Å². The fourth-order valence-corrected chi connectivity index (χ4v) is 6.65. The fourth-order valence-electron chi connectivity index (χ4n) is 6.65. The van der Waals surface area contributed by atoms with Crippen LogP contribution in [0, 0.1) is 0 Å². The summed E-state index contributed by atoms with van der Waals surface area (Å²) >= 11 is 0. The smallest absolute Gasteiger partial charge is 0.303 e. The molecule has 2 aromatic carbocycles. The largest absolute Gasteiger partial charge is 0.508 e. The van der Waals surface area contributed by atoms with E-state index in [0.717, 1.165) is 85.7 Å². The first-order valence-corrected chi connectivity index (χ1v) is 19.9. The molecule has 2 fully saturated rings. The van der Waals surface area contributed by atoms with Crippen molar-refractivity contribution in [2.24, 2.45) is 0 Å². The van der Waals surface area contributed by atoms with Crippen molar-refractivity contribution in [3.63, 3.8) is 0 Å². The fraction of sp³-hybridized carbons (Fsp3) is 0.465. The van der Waals surface area contributed by atoms with Crippen molar-refractivity contribution < 1.29 is 110 Å². The molecule has 2 saturated heterocycles. The van der Waals surface area contributed by atoms with E-state index in [0.29, 0.717) is 0 Å². The van der Waals surface area contributed by atoms with Crippen LogP contribution in [-0.2, 0) is 85.7 Å². The molecule has 0 amide bonds. The molecule has 0 saturated carbocycles. The number of carbonyl (C=O) groups is 9. The van der Waals surface area contributed by atoms with Gasteiger partial charge in [0.15, 0.2) is 30.2 Å². The van der Waals surface area contributed by atoms with Gasteiger partial charge in [-0.25, -0.2) is 0 Å². The number of phenolic OH excluding ortho intramolecular Hbond substituents is 2. The molecule has 2 unspecified atom stereocenters. The number of allylic oxidation sites excluding steroid dienone is 1. The summed E-state index contributed by atoms with van der Waals surface area (Å²) in [5.41, 5.74) is -0.187. The maximum atomic E-state index is 14.0. The molecule has 2 aliphatic rings. The molecule has 0 bridgehead atoms. The summed E-state index contributed by atoms with van der Waals surface area (Å²) in [7, 11) is 0. The second-order valence-corrected chi connectivity index (χ2v) is 14.5. The van der Waals surface area contributed by atoms with Gasteiger partial charge in [0.2, 0.25) is 24.8 Å². The van der Waals surface area contributed by atoms with Crippen LogP contribution < -0.4 is 9.47 Å². The van der Waals surface area contributed by atoms with Crippen LogP contribution in [0.5, 0.6) is 23.0 Å². The van der Waals surface area contributed by atoms with Crippen molar-refractivity contribution in [1.29, 1.82) is 0 Å². The molecule has 358 valence electrons. The second-order valence-electron chi connectivity index (χ2n) is 14.5. The average Bonchev–Trinajstić information content (AvgIpc) is 3.19. The number of ketones is 1. The SMILES string of the molecule is CC(=O)OC[C@H]1OC(Oc2cc(O)ccc2C=CC(=O)c2ccc(O)cc2OC2O[C@H](COC(C)=O)[C@@H](OC(C)=O)[C@H](OC(C)=O)[C@H]2OC(C)=O)[C@H](OC(C)=O)[C@@H](OC(C)=O)[C@@H]1OC(C)=O. The zero-order chi connectivity index (χ0) is 49.0.